The highest BCUT2D eigenvalue weighted by Gasteiger charge is 2.22. The Labute approximate surface area is 130 Å². The molecule has 1 aliphatic rings. The van der Waals surface area contributed by atoms with Gasteiger partial charge in [-0.1, -0.05) is 22.9 Å². The van der Waals surface area contributed by atoms with Gasteiger partial charge in [-0.05, 0) is 50.1 Å². The molecule has 112 valence electrons. The number of nitrogens with one attached hydrogen (secondary N) is 1. The van der Waals surface area contributed by atoms with Crippen LogP contribution in [0.15, 0.2) is 22.7 Å². The molecule has 3 nitrogen and oxygen atoms in total. The summed E-state index contributed by atoms with van der Waals surface area (Å²) in [6, 6.07) is 6.95. The zero-order chi connectivity index (χ0) is 14.5. The van der Waals surface area contributed by atoms with Crippen molar-refractivity contribution in [2.45, 2.75) is 38.8 Å². The highest BCUT2D eigenvalue weighted by atomic mass is 79.9. The average molecular weight is 341 g/mol. The largest absolute Gasteiger partial charge is 0.380 e. The second kappa shape index (κ2) is 7.43. The van der Waals surface area contributed by atoms with E-state index in [-0.39, 0.29) is 0 Å². The molecule has 0 saturated carbocycles. The van der Waals surface area contributed by atoms with Crippen LogP contribution in [0.1, 0.15) is 38.3 Å². The summed E-state index contributed by atoms with van der Waals surface area (Å²) in [7, 11) is 1.82. The highest BCUT2D eigenvalue weighted by molar-refractivity contribution is 9.10. The smallest absolute Gasteiger partial charge is 0.0746 e. The lowest BCUT2D eigenvalue weighted by molar-refractivity contribution is 0.0893. The SMILES string of the molecule is CCNC(C)c1cc(Br)ccc1N1CCCC(OC)C1. The predicted octanol–water partition coefficient (Wildman–Crippen LogP) is 3.73. The summed E-state index contributed by atoms with van der Waals surface area (Å²) in [4.78, 5) is 2.47. The van der Waals surface area contributed by atoms with E-state index < -0.39 is 0 Å². The van der Waals surface area contributed by atoms with Gasteiger partial charge in [-0.15, -0.1) is 0 Å². The number of ether oxygens (including phenoxy) is 1. The van der Waals surface area contributed by atoms with Crippen LogP contribution in [0.2, 0.25) is 0 Å². The van der Waals surface area contributed by atoms with Crippen molar-refractivity contribution in [3.8, 4) is 0 Å². The minimum Gasteiger partial charge on any atom is -0.380 e. The van der Waals surface area contributed by atoms with E-state index in [0.717, 1.165) is 24.1 Å². The van der Waals surface area contributed by atoms with Crippen LogP contribution < -0.4 is 10.2 Å². The first-order chi connectivity index (χ1) is 9.65. The third-order valence-electron chi connectivity index (χ3n) is 4.02. The number of nitrogens with zero attached hydrogens (tertiary/aromatic N) is 1. The Morgan fingerprint density at radius 1 is 1.50 bits per heavy atom. The average Bonchev–Trinajstić information content (AvgIpc) is 2.47. The van der Waals surface area contributed by atoms with Crippen LogP contribution in [-0.4, -0.2) is 32.8 Å². The van der Waals surface area contributed by atoms with Gasteiger partial charge in [-0.2, -0.15) is 0 Å². The molecule has 2 rings (SSSR count). The number of benzene rings is 1. The number of piperidine rings is 1. The summed E-state index contributed by atoms with van der Waals surface area (Å²) in [5.74, 6) is 0. The highest BCUT2D eigenvalue weighted by Crippen LogP contribution is 2.31. The summed E-state index contributed by atoms with van der Waals surface area (Å²) >= 11 is 3.59. The van der Waals surface area contributed by atoms with Gasteiger partial charge in [0.15, 0.2) is 0 Å². The first-order valence-corrected chi connectivity index (χ1v) is 8.25. The molecule has 1 saturated heterocycles. The Morgan fingerprint density at radius 3 is 3.00 bits per heavy atom. The van der Waals surface area contributed by atoms with Crippen molar-refractivity contribution in [1.82, 2.24) is 5.32 Å². The molecule has 2 atom stereocenters. The van der Waals surface area contributed by atoms with Crippen molar-refractivity contribution in [2.24, 2.45) is 0 Å². The van der Waals surface area contributed by atoms with Gasteiger partial charge in [0.1, 0.15) is 0 Å². The van der Waals surface area contributed by atoms with Crippen LogP contribution >= 0.6 is 15.9 Å². The lowest BCUT2D eigenvalue weighted by atomic mass is 10.0. The van der Waals surface area contributed by atoms with Gasteiger partial charge in [0.25, 0.3) is 0 Å². The second-order valence-electron chi connectivity index (χ2n) is 5.43. The molecule has 2 unspecified atom stereocenters. The summed E-state index contributed by atoms with van der Waals surface area (Å²) in [5.41, 5.74) is 2.70. The monoisotopic (exact) mass is 340 g/mol. The molecule has 4 heteroatoms. The van der Waals surface area contributed by atoms with E-state index in [1.807, 2.05) is 7.11 Å². The number of hydrogen-bond donors (Lipinski definition) is 1. The molecule has 1 aromatic carbocycles. The molecule has 1 aliphatic heterocycles. The molecule has 1 fully saturated rings. The molecule has 0 amide bonds. The van der Waals surface area contributed by atoms with E-state index in [9.17, 15) is 0 Å². The van der Waals surface area contributed by atoms with Crippen LogP contribution in [0.3, 0.4) is 0 Å². The Balaban J connectivity index is 2.25. The first-order valence-electron chi connectivity index (χ1n) is 7.46. The fourth-order valence-electron chi connectivity index (χ4n) is 2.93. The van der Waals surface area contributed by atoms with Crippen LogP contribution in [0.4, 0.5) is 5.69 Å². The van der Waals surface area contributed by atoms with Gasteiger partial charge in [0.05, 0.1) is 6.10 Å². The van der Waals surface area contributed by atoms with E-state index in [0.29, 0.717) is 12.1 Å². The van der Waals surface area contributed by atoms with Gasteiger partial charge in [-0.25, -0.2) is 0 Å². The van der Waals surface area contributed by atoms with E-state index in [1.54, 1.807) is 0 Å². The van der Waals surface area contributed by atoms with Gasteiger partial charge in [-0.3, -0.25) is 0 Å². The number of hydrogen-bond acceptors (Lipinski definition) is 3. The van der Waals surface area contributed by atoms with E-state index >= 15 is 0 Å². The maximum absolute atomic E-state index is 5.55. The maximum atomic E-state index is 5.55. The third kappa shape index (κ3) is 3.74. The van der Waals surface area contributed by atoms with Crippen molar-refractivity contribution in [3.63, 3.8) is 0 Å². The minimum absolute atomic E-state index is 0.356. The number of rotatable bonds is 5. The normalized spacial score (nSPS) is 21.0. The molecule has 1 aromatic rings. The molecule has 0 aromatic heterocycles. The Hall–Kier alpha value is -0.580. The van der Waals surface area contributed by atoms with E-state index in [4.69, 9.17) is 4.74 Å². The summed E-state index contributed by atoms with van der Waals surface area (Å²) in [5, 5.41) is 3.51. The lowest BCUT2D eigenvalue weighted by Crippen LogP contribution is -2.40. The van der Waals surface area contributed by atoms with Crippen molar-refractivity contribution < 1.29 is 4.74 Å². The molecular formula is C16H25BrN2O. The molecule has 0 radical (unpaired) electrons. The van der Waals surface area contributed by atoms with Crippen molar-refractivity contribution in [1.29, 1.82) is 0 Å². The number of halogens is 1. The Kier molecular flexibility index (Phi) is 5.87. The summed E-state index contributed by atoms with van der Waals surface area (Å²) < 4.78 is 6.69. The molecule has 1 heterocycles. The number of anilines is 1. The van der Waals surface area contributed by atoms with Crippen LogP contribution in [0, 0.1) is 0 Å². The quantitative estimate of drug-likeness (QED) is 0.883. The first kappa shape index (κ1) is 15.8. The third-order valence-corrected chi connectivity index (χ3v) is 4.51. The summed E-state index contributed by atoms with van der Waals surface area (Å²) in [6.45, 7) is 7.47. The molecular weight excluding hydrogens is 316 g/mol. The van der Waals surface area contributed by atoms with Gasteiger partial charge in [0, 0.05) is 36.4 Å². The predicted molar refractivity (Wildman–Crippen MR) is 88.5 cm³/mol. The van der Waals surface area contributed by atoms with Crippen LogP contribution in [0.5, 0.6) is 0 Å². The zero-order valence-electron chi connectivity index (χ0n) is 12.7. The molecule has 1 N–H and O–H groups in total. The minimum atomic E-state index is 0.356. The van der Waals surface area contributed by atoms with Crippen LogP contribution in [-0.2, 0) is 4.74 Å². The van der Waals surface area contributed by atoms with E-state index in [1.165, 1.54) is 24.1 Å². The van der Waals surface area contributed by atoms with Crippen molar-refractivity contribution in [2.75, 3.05) is 31.6 Å². The molecule has 0 bridgehead atoms. The molecule has 20 heavy (non-hydrogen) atoms. The van der Waals surface area contributed by atoms with Gasteiger partial charge < -0.3 is 15.0 Å². The Morgan fingerprint density at radius 2 is 2.30 bits per heavy atom. The zero-order valence-corrected chi connectivity index (χ0v) is 14.2. The van der Waals surface area contributed by atoms with Crippen LogP contribution in [0.25, 0.3) is 0 Å². The van der Waals surface area contributed by atoms with E-state index in [2.05, 4.69) is 58.2 Å². The van der Waals surface area contributed by atoms with Crippen molar-refractivity contribution >= 4 is 21.6 Å². The number of methoxy groups -OCH3 is 1. The fourth-order valence-corrected chi connectivity index (χ4v) is 3.30. The fraction of sp³-hybridized carbons (Fsp3) is 0.625. The topological polar surface area (TPSA) is 24.5 Å². The summed E-state index contributed by atoms with van der Waals surface area (Å²) in [6.07, 6.45) is 2.72. The van der Waals surface area contributed by atoms with Gasteiger partial charge in [0.2, 0.25) is 0 Å². The molecule has 0 spiro atoms. The van der Waals surface area contributed by atoms with Gasteiger partial charge >= 0.3 is 0 Å². The Bertz CT molecular complexity index is 438. The molecule has 0 aliphatic carbocycles. The lowest BCUT2D eigenvalue weighted by Gasteiger charge is -2.35. The maximum Gasteiger partial charge on any atom is 0.0746 e. The second-order valence-corrected chi connectivity index (χ2v) is 6.34. The standard InChI is InChI=1S/C16H25BrN2O/c1-4-18-12(2)15-10-13(17)7-8-16(15)19-9-5-6-14(11-19)20-3/h7-8,10,12,14,18H,4-6,9,11H2,1-3H3. The van der Waals surface area contributed by atoms with Crippen molar-refractivity contribution in [3.05, 3.63) is 28.2 Å².